The van der Waals surface area contributed by atoms with Crippen molar-refractivity contribution in [3.63, 3.8) is 0 Å². The number of carbonyl (C=O) groups is 3. The number of rotatable bonds is 23. The van der Waals surface area contributed by atoms with Crippen LogP contribution in [0.25, 0.3) is 6.08 Å². The van der Waals surface area contributed by atoms with E-state index in [1.807, 2.05) is 26.8 Å². The van der Waals surface area contributed by atoms with Crippen LogP contribution in [0, 0.1) is 50.2 Å². The standard InChI is InChI=1S/C80H120O39/c1-32-46(87)50(91)54(95)66(107-32)116-61-59(113-45(86)17-12-35-10-13-36(104-9)14-11-35)34(3)109-70(62(61)117-69-57(98)60(115-71-63(99)80(103,30-84)31-106-71)58(33(2)108-69)114-65-53(94)49(90)42(28-105-65)112-67-55(96)51(92)47(88)40(26-81)110-67)119-73(102)78-21-20-74(4,5)24-38(78)37-15-16-43-75(6)25-39(85)64(118-68-56(97)52(93)48(89)41(27-82)111-68)77(8,72(100)101)44(75)18-19-76(43,7)79(37,29-83)23-22-78/h10-15,17,32-34,38-44,46-71,81-85,87-99,103H,16,18-31H2,1-9H3,(H,100,101). The predicted molar refractivity (Wildman–Crippen MR) is 395 cm³/mol. The van der Waals surface area contributed by atoms with Gasteiger partial charge in [0.25, 0.3) is 0 Å². The van der Waals surface area contributed by atoms with Crippen molar-refractivity contribution in [3.8, 4) is 5.75 Å². The zero-order valence-corrected chi connectivity index (χ0v) is 67.6. The molecule has 11 fully saturated rings. The van der Waals surface area contributed by atoms with Crippen LogP contribution in [0.3, 0.4) is 0 Å². The molecule has 12 aliphatic rings. The van der Waals surface area contributed by atoms with E-state index in [1.165, 1.54) is 40.9 Å². The van der Waals surface area contributed by atoms with Gasteiger partial charge >= 0.3 is 17.9 Å². The molecule has 5 aliphatic carbocycles. The molecular weight excluding hydrogens is 1580 g/mol. The summed E-state index contributed by atoms with van der Waals surface area (Å²) in [5, 5.41) is 224. The summed E-state index contributed by atoms with van der Waals surface area (Å²) in [6, 6.07) is 6.56. The molecule has 0 aromatic heterocycles. The minimum absolute atomic E-state index is 0.0390. The maximum Gasteiger partial charge on any atom is 0.331 e. The highest BCUT2D eigenvalue weighted by atomic mass is 16.8. The van der Waals surface area contributed by atoms with E-state index in [2.05, 4.69) is 6.92 Å². The SMILES string of the molecule is COc1ccc(C=CC(=O)OC2C(C)OC(OC(=O)C34CCC(C)(C)CC3C3=CCC5C6(C)CC(O)C(OC7OC(CO)C(O)C(O)C7O)C(C)(C(=O)O)C6CCC5(C)C3(CO)CC4)C(OC3OC(C)C(OC4OCC(OC5OC(CO)C(O)C(O)C5O)C(O)C4O)C(OC4OCC(O)(CO)C4O)C3O)C2OC2OC(C)C(O)C(O)C2O)cc1. The van der Waals surface area contributed by atoms with Gasteiger partial charge in [0.1, 0.15) is 133 Å². The Bertz CT molecular complexity index is 3720. The molecule has 39 nitrogen and oxygen atoms in total. The van der Waals surface area contributed by atoms with E-state index in [4.69, 9.17) is 75.8 Å². The molecule has 39 heteroatoms. The summed E-state index contributed by atoms with van der Waals surface area (Å²) < 4.78 is 98.7. The summed E-state index contributed by atoms with van der Waals surface area (Å²) in [5.74, 6) is -4.72. The summed E-state index contributed by atoms with van der Waals surface area (Å²) in [6.45, 7) is 9.10. The third kappa shape index (κ3) is 16.4. The second kappa shape index (κ2) is 35.5. The predicted octanol–water partition coefficient (Wildman–Crippen LogP) is -4.92. The fourth-order valence-electron chi connectivity index (χ4n) is 21.6. The number of allylic oxidation sites excluding steroid dienone is 1. The van der Waals surface area contributed by atoms with E-state index in [9.17, 15) is 112 Å². The van der Waals surface area contributed by atoms with Crippen LogP contribution in [0.1, 0.15) is 119 Å². The highest BCUT2D eigenvalue weighted by molar-refractivity contribution is 5.87. The monoisotopic (exact) mass is 1700 g/mol. The second-order valence-corrected chi connectivity index (χ2v) is 36.2. The van der Waals surface area contributed by atoms with E-state index < -0.39 is 316 Å². The highest BCUT2D eigenvalue weighted by Gasteiger charge is 2.74. The first kappa shape index (κ1) is 92.3. The average Bonchev–Trinajstić information content (AvgIpc) is 0.810. The minimum atomic E-state index is -2.36. The molecule has 42 unspecified atom stereocenters. The summed E-state index contributed by atoms with van der Waals surface area (Å²) in [4.78, 5) is 45.2. The lowest BCUT2D eigenvalue weighted by molar-refractivity contribution is -0.398. The second-order valence-electron chi connectivity index (χ2n) is 36.2. The summed E-state index contributed by atoms with van der Waals surface area (Å²) in [5.41, 5.74) is -8.10. The van der Waals surface area contributed by atoms with Crippen molar-refractivity contribution in [2.75, 3.05) is 46.8 Å². The van der Waals surface area contributed by atoms with E-state index in [1.54, 1.807) is 24.3 Å². The minimum Gasteiger partial charge on any atom is -0.497 e. The number of carboxylic acids is 1. The van der Waals surface area contributed by atoms with Crippen molar-refractivity contribution in [2.24, 2.45) is 50.2 Å². The van der Waals surface area contributed by atoms with Gasteiger partial charge in [-0.25, -0.2) is 4.79 Å². The largest absolute Gasteiger partial charge is 0.497 e. The molecule has 7 heterocycles. The van der Waals surface area contributed by atoms with Crippen molar-refractivity contribution < 1.29 is 192 Å². The highest BCUT2D eigenvalue weighted by Crippen LogP contribution is 2.76. The maximum absolute atomic E-state index is 16.6. The van der Waals surface area contributed by atoms with Crippen LogP contribution in [0.5, 0.6) is 5.75 Å². The number of aliphatic hydroxyl groups excluding tert-OH is 18. The number of ether oxygens (including phenoxy) is 16. The molecule has 7 aliphatic heterocycles. The van der Waals surface area contributed by atoms with Crippen LogP contribution in [-0.4, -0.2) is 375 Å². The van der Waals surface area contributed by atoms with E-state index in [0.29, 0.717) is 30.6 Å². The van der Waals surface area contributed by atoms with Gasteiger partial charge in [0.05, 0.1) is 82.0 Å². The molecule has 42 atom stereocenters. The first-order valence-electron chi connectivity index (χ1n) is 40.9. The summed E-state index contributed by atoms with van der Waals surface area (Å²) >= 11 is 0. The molecule has 1 aromatic carbocycles. The van der Waals surface area contributed by atoms with Crippen molar-refractivity contribution in [2.45, 2.75) is 322 Å². The Labute approximate surface area is 685 Å². The first-order valence-corrected chi connectivity index (χ1v) is 40.9. The van der Waals surface area contributed by atoms with Gasteiger partial charge in [-0.1, -0.05) is 51.5 Å². The molecule has 0 amide bonds. The molecular formula is C80H120O39. The van der Waals surface area contributed by atoms with E-state index >= 15 is 4.79 Å². The van der Waals surface area contributed by atoms with Crippen molar-refractivity contribution >= 4 is 24.0 Å². The smallest absolute Gasteiger partial charge is 0.331 e. The first-order chi connectivity index (χ1) is 56.1. The number of hydrogen-bond acceptors (Lipinski definition) is 38. The Morgan fingerprint density at radius 2 is 1.08 bits per heavy atom. The number of hydrogen-bond donors (Lipinski definition) is 20. The lowest BCUT2D eigenvalue weighted by atomic mass is 9.33. The van der Waals surface area contributed by atoms with Gasteiger partial charge in [-0.05, 0) is 143 Å². The molecule has 1 aromatic rings. The molecule has 119 heavy (non-hydrogen) atoms. The molecule has 0 bridgehead atoms. The summed E-state index contributed by atoms with van der Waals surface area (Å²) in [7, 11) is 1.47. The van der Waals surface area contributed by atoms with Crippen LogP contribution in [-0.2, 0) is 85.4 Å². The number of fused-ring (bicyclic) bond motifs is 7. The quantitative estimate of drug-likeness (QED) is 0.0211. The molecule has 674 valence electrons. The van der Waals surface area contributed by atoms with Gasteiger partial charge in [-0.3, -0.25) is 9.59 Å². The maximum atomic E-state index is 16.6. The van der Waals surface area contributed by atoms with Crippen LogP contribution >= 0.6 is 0 Å². The number of carboxylic acid groups (broad SMARTS) is 1. The molecule has 20 N–H and O–H groups in total. The molecule has 0 spiro atoms. The van der Waals surface area contributed by atoms with Gasteiger partial charge < -0.3 is 178 Å². The fraction of sp³-hybridized carbons (Fsp3) is 0.838. The fourth-order valence-corrected chi connectivity index (χ4v) is 21.6. The third-order valence-electron chi connectivity index (χ3n) is 28.8. The lowest BCUT2D eigenvalue weighted by Crippen LogP contribution is -2.71. The van der Waals surface area contributed by atoms with Gasteiger partial charge in [0, 0.05) is 11.5 Å². The normalized spacial score (nSPS) is 50.5. The van der Waals surface area contributed by atoms with Crippen LogP contribution in [0.15, 0.2) is 42.0 Å². The molecule has 13 rings (SSSR count). The van der Waals surface area contributed by atoms with Crippen molar-refractivity contribution in [3.05, 3.63) is 47.6 Å². The Hall–Kier alpha value is -4.37. The number of esters is 2. The summed E-state index contributed by atoms with van der Waals surface area (Å²) in [6.07, 6.45) is -54.0. The van der Waals surface area contributed by atoms with Gasteiger partial charge in [0.15, 0.2) is 49.9 Å². The Balaban J connectivity index is 0.850. The average molecular weight is 1710 g/mol. The van der Waals surface area contributed by atoms with Crippen LogP contribution < -0.4 is 4.74 Å². The van der Waals surface area contributed by atoms with Gasteiger partial charge in [-0.2, -0.15) is 0 Å². The number of methoxy groups -OCH3 is 1. The van der Waals surface area contributed by atoms with Crippen LogP contribution in [0.4, 0.5) is 0 Å². The lowest BCUT2D eigenvalue weighted by Gasteiger charge is -2.71. The number of aliphatic hydroxyl groups is 19. The zero-order valence-electron chi connectivity index (χ0n) is 67.6. The van der Waals surface area contributed by atoms with Crippen molar-refractivity contribution in [1.82, 2.24) is 0 Å². The Kier molecular flexibility index (Phi) is 27.5. The molecule has 0 radical (unpaired) electrons. The van der Waals surface area contributed by atoms with E-state index in [0.717, 1.165) is 11.6 Å². The zero-order chi connectivity index (χ0) is 86.6. The van der Waals surface area contributed by atoms with Crippen molar-refractivity contribution in [1.29, 1.82) is 0 Å². The number of benzene rings is 1. The topological polar surface area (TPSA) is 603 Å². The molecule has 4 saturated carbocycles. The Morgan fingerprint density at radius 3 is 1.68 bits per heavy atom. The van der Waals surface area contributed by atoms with E-state index in [-0.39, 0.29) is 38.5 Å². The Morgan fingerprint density at radius 1 is 0.521 bits per heavy atom. The number of carbonyl (C=O) groups excluding carboxylic acids is 2. The van der Waals surface area contributed by atoms with Crippen LogP contribution in [0.2, 0.25) is 0 Å². The molecule has 7 saturated heterocycles. The van der Waals surface area contributed by atoms with Gasteiger partial charge in [-0.15, -0.1) is 0 Å². The third-order valence-corrected chi connectivity index (χ3v) is 28.8. The van der Waals surface area contributed by atoms with Gasteiger partial charge in [0.2, 0.25) is 6.29 Å². The number of aliphatic carboxylic acids is 1.